The van der Waals surface area contributed by atoms with E-state index in [1.165, 1.54) is 18.4 Å². The van der Waals surface area contributed by atoms with Crippen LogP contribution in [0.4, 0.5) is 0 Å². The second-order valence-electron chi connectivity index (χ2n) is 4.23. The summed E-state index contributed by atoms with van der Waals surface area (Å²) in [4.78, 5) is 2.29. The van der Waals surface area contributed by atoms with Crippen molar-refractivity contribution in [2.45, 2.75) is 25.4 Å². The number of hydrogen-bond acceptors (Lipinski definition) is 3. The maximum absolute atomic E-state index is 5.45. The highest BCUT2D eigenvalue weighted by atomic mass is 16.7. The van der Waals surface area contributed by atoms with Crippen molar-refractivity contribution in [1.82, 2.24) is 4.90 Å². The van der Waals surface area contributed by atoms with E-state index >= 15 is 0 Å². The maximum Gasteiger partial charge on any atom is 0.232 e. The molecule has 0 atom stereocenters. The maximum atomic E-state index is 5.45. The van der Waals surface area contributed by atoms with E-state index in [2.05, 4.69) is 29.2 Å². The van der Waals surface area contributed by atoms with E-state index in [1.54, 1.807) is 6.26 Å². The molecule has 0 bridgehead atoms. The van der Waals surface area contributed by atoms with E-state index in [0.717, 1.165) is 12.4 Å². The molecule has 16 heavy (non-hydrogen) atoms. The van der Waals surface area contributed by atoms with Gasteiger partial charge in [-0.25, -0.2) is 0 Å². The van der Waals surface area contributed by atoms with Crippen LogP contribution in [0, 0.1) is 0 Å². The molecule has 84 valence electrons. The third kappa shape index (κ3) is 1.98. The van der Waals surface area contributed by atoms with E-state index in [0.29, 0.717) is 12.8 Å². The van der Waals surface area contributed by atoms with Crippen LogP contribution in [0.3, 0.4) is 0 Å². The normalized spacial score (nSPS) is 18.6. The monoisotopic (exact) mass is 217 g/mol. The zero-order chi connectivity index (χ0) is 10.8. The van der Waals surface area contributed by atoms with Crippen LogP contribution in [0.2, 0.25) is 0 Å². The smallest absolute Gasteiger partial charge is 0.232 e. The molecular formula is C13H15NO2. The lowest BCUT2D eigenvalue weighted by Crippen LogP contribution is -2.25. The van der Waals surface area contributed by atoms with E-state index in [9.17, 15) is 0 Å². The highest BCUT2D eigenvalue weighted by molar-refractivity contribution is 5.16. The second kappa shape index (κ2) is 4.08. The van der Waals surface area contributed by atoms with E-state index in [1.807, 2.05) is 6.07 Å². The van der Waals surface area contributed by atoms with Gasteiger partial charge < -0.3 is 14.4 Å². The van der Waals surface area contributed by atoms with Gasteiger partial charge in [0.15, 0.2) is 0 Å². The molecule has 1 heterocycles. The topological polar surface area (TPSA) is 21.7 Å². The molecule has 1 saturated carbocycles. The van der Waals surface area contributed by atoms with Crippen molar-refractivity contribution in [3.63, 3.8) is 0 Å². The third-order valence-electron chi connectivity index (χ3n) is 2.93. The van der Waals surface area contributed by atoms with Gasteiger partial charge in [-0.05, 0) is 18.4 Å². The minimum atomic E-state index is 0.355. The Kier molecular flexibility index (Phi) is 2.44. The molecule has 0 saturated heterocycles. The van der Waals surface area contributed by atoms with Crippen LogP contribution in [0.5, 0.6) is 0 Å². The van der Waals surface area contributed by atoms with Gasteiger partial charge in [-0.3, -0.25) is 0 Å². The quantitative estimate of drug-likeness (QED) is 0.773. The van der Waals surface area contributed by atoms with Crippen LogP contribution in [-0.2, 0) is 16.0 Å². The lowest BCUT2D eigenvalue weighted by molar-refractivity contribution is 0.0446. The first kappa shape index (κ1) is 9.58. The van der Waals surface area contributed by atoms with Gasteiger partial charge in [0, 0.05) is 12.6 Å². The van der Waals surface area contributed by atoms with E-state index < -0.39 is 0 Å². The first-order chi connectivity index (χ1) is 7.93. The predicted molar refractivity (Wildman–Crippen MR) is 60.1 cm³/mol. The van der Waals surface area contributed by atoms with Crippen LogP contribution < -0.4 is 0 Å². The highest BCUT2D eigenvalue weighted by Gasteiger charge is 2.32. The number of benzene rings is 1. The summed E-state index contributed by atoms with van der Waals surface area (Å²) in [5.41, 5.74) is 1.31. The van der Waals surface area contributed by atoms with Crippen molar-refractivity contribution >= 4 is 0 Å². The standard InChI is InChI=1S/C13H15NO2/c1-2-4-11(5-3-1)8-14(12-6-7-12)13-9-15-10-16-13/h1-5,9,12H,6-8,10H2. The van der Waals surface area contributed by atoms with Crippen LogP contribution in [0.25, 0.3) is 0 Å². The number of nitrogens with zero attached hydrogens (tertiary/aromatic N) is 1. The molecule has 1 fully saturated rings. The summed E-state index contributed by atoms with van der Waals surface area (Å²) in [5, 5.41) is 0. The number of ether oxygens (including phenoxy) is 2. The molecule has 2 aliphatic rings. The highest BCUT2D eigenvalue weighted by Crippen LogP contribution is 2.32. The Labute approximate surface area is 95.3 Å². The molecule has 3 rings (SSSR count). The largest absolute Gasteiger partial charge is 0.459 e. The van der Waals surface area contributed by atoms with Gasteiger partial charge in [0.2, 0.25) is 12.7 Å². The summed E-state index contributed by atoms with van der Waals surface area (Å²) in [6.45, 7) is 1.26. The molecule has 0 radical (unpaired) electrons. The van der Waals surface area contributed by atoms with Crippen molar-refractivity contribution in [3.8, 4) is 0 Å². The lowest BCUT2D eigenvalue weighted by Gasteiger charge is -2.23. The van der Waals surface area contributed by atoms with Crippen molar-refractivity contribution in [2.24, 2.45) is 0 Å². The Morgan fingerprint density at radius 1 is 1.19 bits per heavy atom. The van der Waals surface area contributed by atoms with E-state index in [4.69, 9.17) is 9.47 Å². The Bertz CT molecular complexity index is 384. The fourth-order valence-electron chi connectivity index (χ4n) is 1.94. The van der Waals surface area contributed by atoms with Gasteiger partial charge in [-0.1, -0.05) is 30.3 Å². The molecule has 1 aliphatic heterocycles. The minimum Gasteiger partial charge on any atom is -0.459 e. The lowest BCUT2D eigenvalue weighted by atomic mass is 10.2. The van der Waals surface area contributed by atoms with Crippen molar-refractivity contribution in [2.75, 3.05) is 6.79 Å². The Morgan fingerprint density at radius 3 is 2.62 bits per heavy atom. The molecule has 3 heteroatoms. The zero-order valence-corrected chi connectivity index (χ0v) is 9.13. The van der Waals surface area contributed by atoms with Gasteiger partial charge in [-0.2, -0.15) is 0 Å². The van der Waals surface area contributed by atoms with Crippen LogP contribution >= 0.6 is 0 Å². The Hall–Kier alpha value is -1.64. The van der Waals surface area contributed by atoms with Crippen molar-refractivity contribution in [1.29, 1.82) is 0 Å². The fourth-order valence-corrected chi connectivity index (χ4v) is 1.94. The van der Waals surface area contributed by atoms with Crippen LogP contribution in [0.1, 0.15) is 18.4 Å². The second-order valence-corrected chi connectivity index (χ2v) is 4.23. The minimum absolute atomic E-state index is 0.355. The predicted octanol–water partition coefficient (Wildman–Crippen LogP) is 2.45. The Morgan fingerprint density at radius 2 is 2.00 bits per heavy atom. The van der Waals surface area contributed by atoms with E-state index in [-0.39, 0.29) is 0 Å². The van der Waals surface area contributed by atoms with Gasteiger partial charge in [0.25, 0.3) is 0 Å². The molecule has 3 nitrogen and oxygen atoms in total. The van der Waals surface area contributed by atoms with Gasteiger partial charge in [0.1, 0.15) is 6.26 Å². The molecule has 1 aromatic carbocycles. The summed E-state index contributed by atoms with van der Waals surface area (Å²) in [6.07, 6.45) is 4.24. The molecule has 0 amide bonds. The SMILES string of the molecule is C1=C(N(Cc2ccccc2)C2CC2)OCO1. The zero-order valence-electron chi connectivity index (χ0n) is 9.13. The van der Waals surface area contributed by atoms with Crippen molar-refractivity contribution in [3.05, 3.63) is 48.0 Å². The van der Waals surface area contributed by atoms with Crippen molar-refractivity contribution < 1.29 is 9.47 Å². The molecule has 1 aliphatic carbocycles. The summed E-state index contributed by atoms with van der Waals surface area (Å²) in [6, 6.07) is 11.1. The molecule has 1 aromatic rings. The molecule has 0 spiro atoms. The summed E-state index contributed by atoms with van der Waals surface area (Å²) < 4.78 is 10.6. The molecular weight excluding hydrogens is 202 g/mol. The first-order valence-corrected chi connectivity index (χ1v) is 5.68. The van der Waals surface area contributed by atoms with Gasteiger partial charge >= 0.3 is 0 Å². The molecule has 0 N–H and O–H groups in total. The number of hydrogen-bond donors (Lipinski definition) is 0. The fraction of sp³-hybridized carbons (Fsp3) is 0.385. The Balaban J connectivity index is 1.74. The number of rotatable bonds is 4. The van der Waals surface area contributed by atoms with Gasteiger partial charge in [0.05, 0.1) is 0 Å². The summed E-state index contributed by atoms with van der Waals surface area (Å²) in [7, 11) is 0. The molecule has 0 unspecified atom stereocenters. The van der Waals surface area contributed by atoms with Crippen LogP contribution in [0.15, 0.2) is 42.5 Å². The van der Waals surface area contributed by atoms with Gasteiger partial charge in [-0.15, -0.1) is 0 Å². The molecule has 0 aromatic heterocycles. The summed E-state index contributed by atoms with van der Waals surface area (Å²) in [5.74, 6) is 0.881. The average molecular weight is 217 g/mol. The average Bonchev–Trinajstić information content (AvgIpc) is 3.02. The first-order valence-electron chi connectivity index (χ1n) is 5.68. The van der Waals surface area contributed by atoms with Crippen LogP contribution in [-0.4, -0.2) is 17.7 Å². The third-order valence-corrected chi connectivity index (χ3v) is 2.93. The summed E-state index contributed by atoms with van der Waals surface area (Å²) >= 11 is 0.